The second-order valence-corrected chi connectivity index (χ2v) is 7.22. The van der Waals surface area contributed by atoms with Gasteiger partial charge in [0, 0.05) is 13.0 Å². The SMILES string of the molecule is CC(CN(C)C)Oc1nc(Cl)nc2c1S(=O)(=O)CC2. The van der Waals surface area contributed by atoms with Crippen LogP contribution in [0.15, 0.2) is 4.90 Å². The third-order valence-corrected chi connectivity index (χ3v) is 4.67. The zero-order valence-corrected chi connectivity index (χ0v) is 12.6. The highest BCUT2D eigenvalue weighted by Gasteiger charge is 2.34. The number of sulfone groups is 1. The van der Waals surface area contributed by atoms with Crippen LogP contribution in [0.2, 0.25) is 5.28 Å². The van der Waals surface area contributed by atoms with Crippen LogP contribution >= 0.6 is 11.6 Å². The smallest absolute Gasteiger partial charge is 0.237 e. The molecule has 0 spiro atoms. The molecule has 1 aromatic heterocycles. The molecule has 1 aromatic rings. The van der Waals surface area contributed by atoms with Crippen molar-refractivity contribution in [2.45, 2.75) is 24.3 Å². The van der Waals surface area contributed by atoms with E-state index in [1.165, 1.54) is 0 Å². The summed E-state index contributed by atoms with van der Waals surface area (Å²) in [5.74, 6) is 0.109. The molecule has 6 nitrogen and oxygen atoms in total. The predicted molar refractivity (Wildman–Crippen MR) is 71.4 cm³/mol. The lowest BCUT2D eigenvalue weighted by molar-refractivity contribution is 0.165. The van der Waals surface area contributed by atoms with E-state index in [4.69, 9.17) is 16.3 Å². The highest BCUT2D eigenvalue weighted by Crippen LogP contribution is 2.33. The van der Waals surface area contributed by atoms with E-state index in [0.29, 0.717) is 18.7 Å². The summed E-state index contributed by atoms with van der Waals surface area (Å²) in [5, 5.41) is 0.0166. The third-order valence-electron chi connectivity index (χ3n) is 2.73. The molecule has 0 saturated carbocycles. The van der Waals surface area contributed by atoms with Crippen LogP contribution in [0, 0.1) is 0 Å². The summed E-state index contributed by atoms with van der Waals surface area (Å²) in [7, 11) is 0.472. The third kappa shape index (κ3) is 3.16. The highest BCUT2D eigenvalue weighted by molar-refractivity contribution is 7.91. The van der Waals surface area contributed by atoms with Crippen LogP contribution in [0.25, 0.3) is 0 Å². The highest BCUT2D eigenvalue weighted by atomic mass is 35.5. The monoisotopic (exact) mass is 305 g/mol. The lowest BCUT2D eigenvalue weighted by Gasteiger charge is -2.19. The van der Waals surface area contributed by atoms with Gasteiger partial charge in [-0.15, -0.1) is 0 Å². The number of likely N-dealkylation sites (N-methyl/N-ethyl adjacent to an activating group) is 1. The van der Waals surface area contributed by atoms with Crippen molar-refractivity contribution in [3.8, 4) is 5.88 Å². The Labute approximate surface area is 117 Å². The molecule has 1 aliphatic rings. The average molecular weight is 306 g/mol. The van der Waals surface area contributed by atoms with Crippen molar-refractivity contribution in [3.63, 3.8) is 0 Å². The summed E-state index contributed by atoms with van der Waals surface area (Å²) in [6.45, 7) is 2.50. The summed E-state index contributed by atoms with van der Waals surface area (Å²) in [4.78, 5) is 9.93. The van der Waals surface area contributed by atoms with Gasteiger partial charge in [-0.3, -0.25) is 0 Å². The van der Waals surface area contributed by atoms with Gasteiger partial charge in [-0.2, -0.15) is 4.98 Å². The van der Waals surface area contributed by atoms with E-state index in [2.05, 4.69) is 9.97 Å². The zero-order chi connectivity index (χ0) is 14.2. The van der Waals surface area contributed by atoms with Crippen molar-refractivity contribution in [2.75, 3.05) is 26.4 Å². The van der Waals surface area contributed by atoms with Gasteiger partial charge in [0.05, 0.1) is 11.4 Å². The van der Waals surface area contributed by atoms with Crippen molar-refractivity contribution in [3.05, 3.63) is 11.0 Å². The molecular weight excluding hydrogens is 290 g/mol. The van der Waals surface area contributed by atoms with Crippen LogP contribution in [-0.4, -0.2) is 55.8 Å². The van der Waals surface area contributed by atoms with Gasteiger partial charge < -0.3 is 9.64 Å². The Kier molecular flexibility index (Phi) is 3.98. The molecule has 1 atom stereocenters. The van der Waals surface area contributed by atoms with Crippen molar-refractivity contribution >= 4 is 21.4 Å². The number of halogens is 1. The van der Waals surface area contributed by atoms with Gasteiger partial charge in [-0.05, 0) is 32.6 Å². The molecule has 106 valence electrons. The number of hydrogen-bond donors (Lipinski definition) is 0. The molecule has 1 unspecified atom stereocenters. The number of fused-ring (bicyclic) bond motifs is 1. The van der Waals surface area contributed by atoms with E-state index in [-0.39, 0.29) is 27.9 Å². The van der Waals surface area contributed by atoms with Gasteiger partial charge in [0.1, 0.15) is 6.10 Å². The van der Waals surface area contributed by atoms with E-state index >= 15 is 0 Å². The Morgan fingerprint density at radius 1 is 1.42 bits per heavy atom. The maximum atomic E-state index is 12.0. The Hall–Kier alpha value is -0.920. The lowest BCUT2D eigenvalue weighted by atomic mass is 10.3. The molecule has 0 fully saturated rings. The number of hydrogen-bond acceptors (Lipinski definition) is 6. The minimum absolute atomic E-state index is 0.0166. The predicted octanol–water partition coefficient (Wildman–Crippen LogP) is 0.789. The largest absolute Gasteiger partial charge is 0.472 e. The minimum atomic E-state index is -3.35. The molecule has 8 heteroatoms. The van der Waals surface area contributed by atoms with Crippen molar-refractivity contribution in [2.24, 2.45) is 0 Å². The lowest BCUT2D eigenvalue weighted by Crippen LogP contribution is -2.28. The van der Waals surface area contributed by atoms with Gasteiger partial charge in [0.15, 0.2) is 14.7 Å². The number of rotatable bonds is 4. The zero-order valence-electron chi connectivity index (χ0n) is 11.1. The quantitative estimate of drug-likeness (QED) is 0.766. The Balaban J connectivity index is 2.36. The molecule has 2 heterocycles. The van der Waals surface area contributed by atoms with Crippen molar-refractivity contribution < 1.29 is 13.2 Å². The van der Waals surface area contributed by atoms with E-state index < -0.39 is 9.84 Å². The fourth-order valence-electron chi connectivity index (χ4n) is 2.08. The molecule has 0 amide bonds. The first kappa shape index (κ1) is 14.5. The summed E-state index contributed by atoms with van der Waals surface area (Å²) < 4.78 is 29.6. The molecule has 0 N–H and O–H groups in total. The number of nitrogens with zero attached hydrogens (tertiary/aromatic N) is 3. The Bertz CT molecular complexity index is 589. The number of ether oxygens (including phenoxy) is 1. The standard InChI is InChI=1S/C11H16ClN3O3S/c1-7(6-15(2)3)18-10-9-8(13-11(12)14-10)4-5-19(9,16)17/h7H,4-6H2,1-3H3. The summed E-state index contributed by atoms with van der Waals surface area (Å²) in [6.07, 6.45) is 0.166. The maximum absolute atomic E-state index is 12.0. The maximum Gasteiger partial charge on any atom is 0.237 e. The van der Waals surface area contributed by atoms with Crippen molar-refractivity contribution in [1.29, 1.82) is 0 Å². The minimum Gasteiger partial charge on any atom is -0.472 e. The number of aromatic nitrogens is 2. The van der Waals surface area contributed by atoms with Crippen LogP contribution < -0.4 is 4.74 Å². The molecule has 0 bridgehead atoms. The topological polar surface area (TPSA) is 72.4 Å². The molecular formula is C11H16ClN3O3S. The summed E-state index contributed by atoms with van der Waals surface area (Å²) >= 11 is 5.80. The van der Waals surface area contributed by atoms with E-state index in [1.807, 2.05) is 25.9 Å². The average Bonchev–Trinajstić information content (AvgIpc) is 2.52. The van der Waals surface area contributed by atoms with Gasteiger partial charge in [0.2, 0.25) is 11.2 Å². The fraction of sp³-hybridized carbons (Fsp3) is 0.636. The van der Waals surface area contributed by atoms with Crippen LogP contribution in [0.1, 0.15) is 12.6 Å². The van der Waals surface area contributed by atoms with Gasteiger partial charge in [-0.1, -0.05) is 0 Å². The second kappa shape index (κ2) is 5.22. The van der Waals surface area contributed by atoms with Crippen LogP contribution in [-0.2, 0) is 16.3 Å². The van der Waals surface area contributed by atoms with Gasteiger partial charge in [0.25, 0.3) is 0 Å². The van der Waals surface area contributed by atoms with E-state index in [9.17, 15) is 8.42 Å². The van der Waals surface area contributed by atoms with E-state index in [1.54, 1.807) is 0 Å². The molecule has 1 aliphatic heterocycles. The van der Waals surface area contributed by atoms with Crippen LogP contribution in [0.3, 0.4) is 0 Å². The van der Waals surface area contributed by atoms with Gasteiger partial charge in [-0.25, -0.2) is 13.4 Å². The molecule has 0 saturated heterocycles. The second-order valence-electron chi connectivity index (χ2n) is 4.83. The Morgan fingerprint density at radius 2 is 2.11 bits per heavy atom. The van der Waals surface area contributed by atoms with E-state index in [0.717, 1.165) is 0 Å². The normalized spacial score (nSPS) is 18.4. The van der Waals surface area contributed by atoms with Crippen LogP contribution in [0.5, 0.6) is 5.88 Å². The molecule has 0 aromatic carbocycles. The van der Waals surface area contributed by atoms with Crippen LogP contribution in [0.4, 0.5) is 0 Å². The fourth-order valence-corrected chi connectivity index (χ4v) is 3.79. The molecule has 2 rings (SSSR count). The summed E-state index contributed by atoms with van der Waals surface area (Å²) in [5.41, 5.74) is 0.451. The first-order chi connectivity index (χ1) is 8.79. The molecule has 0 aliphatic carbocycles. The van der Waals surface area contributed by atoms with Crippen molar-refractivity contribution in [1.82, 2.24) is 14.9 Å². The number of aryl methyl sites for hydroxylation is 1. The summed E-state index contributed by atoms with van der Waals surface area (Å²) in [6, 6.07) is 0. The Morgan fingerprint density at radius 3 is 2.74 bits per heavy atom. The molecule has 0 radical (unpaired) electrons. The first-order valence-corrected chi connectivity index (χ1v) is 7.93. The van der Waals surface area contributed by atoms with Gasteiger partial charge >= 0.3 is 0 Å². The molecule has 19 heavy (non-hydrogen) atoms. The first-order valence-electron chi connectivity index (χ1n) is 5.90.